The molecule has 18 heavy (non-hydrogen) atoms. The molecule has 3 rings (SSSR count). The van der Waals surface area contributed by atoms with Crippen LogP contribution in [0.2, 0.25) is 5.02 Å². The van der Waals surface area contributed by atoms with Gasteiger partial charge in [0.15, 0.2) is 0 Å². The summed E-state index contributed by atoms with van der Waals surface area (Å²) in [4.78, 5) is 0. The molecule has 0 radical (unpaired) electrons. The maximum absolute atomic E-state index is 6.47. The van der Waals surface area contributed by atoms with Gasteiger partial charge < -0.3 is 5.73 Å². The first-order valence-electron chi connectivity index (χ1n) is 7.27. The zero-order valence-corrected chi connectivity index (χ0v) is 11.7. The highest BCUT2D eigenvalue weighted by Crippen LogP contribution is 2.42. The van der Waals surface area contributed by atoms with Gasteiger partial charge >= 0.3 is 0 Å². The summed E-state index contributed by atoms with van der Waals surface area (Å²) in [5.41, 5.74) is 10.6. The summed E-state index contributed by atoms with van der Waals surface area (Å²) in [5, 5.41) is 0.985. The Kier molecular flexibility index (Phi) is 3.38. The number of benzene rings is 1. The Balaban J connectivity index is 2.02. The third-order valence-electron chi connectivity index (χ3n) is 4.97. The second-order valence-electron chi connectivity index (χ2n) is 5.99. The van der Waals surface area contributed by atoms with Crippen LogP contribution in [0.15, 0.2) is 12.1 Å². The zero-order chi connectivity index (χ0) is 12.6. The molecule has 2 N–H and O–H groups in total. The van der Waals surface area contributed by atoms with E-state index >= 15 is 0 Å². The van der Waals surface area contributed by atoms with Crippen LogP contribution in [0, 0.1) is 0 Å². The number of aryl methyl sites for hydroxylation is 1. The lowest BCUT2D eigenvalue weighted by molar-refractivity contribution is 0.300. The van der Waals surface area contributed by atoms with Gasteiger partial charge in [-0.15, -0.1) is 0 Å². The van der Waals surface area contributed by atoms with E-state index in [0.29, 0.717) is 0 Å². The lowest BCUT2D eigenvalue weighted by Crippen LogP contribution is -2.37. The predicted octanol–water partition coefficient (Wildman–Crippen LogP) is 3.99. The van der Waals surface area contributed by atoms with Crippen molar-refractivity contribution in [1.82, 2.24) is 0 Å². The van der Waals surface area contributed by atoms with Crippen LogP contribution in [0.4, 0.5) is 0 Å². The number of hydrogen-bond donors (Lipinski definition) is 1. The van der Waals surface area contributed by atoms with Crippen molar-refractivity contribution in [2.75, 3.05) is 6.54 Å². The molecule has 0 saturated heterocycles. The molecule has 0 atom stereocenters. The molecule has 0 aromatic heterocycles. The van der Waals surface area contributed by atoms with Crippen LogP contribution in [0.25, 0.3) is 0 Å². The van der Waals surface area contributed by atoms with Gasteiger partial charge in [0.25, 0.3) is 0 Å². The third kappa shape index (κ3) is 1.98. The fourth-order valence-corrected chi connectivity index (χ4v) is 4.13. The Hall–Kier alpha value is -0.530. The lowest BCUT2D eigenvalue weighted by atomic mass is 9.69. The fraction of sp³-hybridized carbons (Fsp3) is 0.625. The molecule has 2 heteroatoms. The van der Waals surface area contributed by atoms with E-state index in [9.17, 15) is 0 Å². The van der Waals surface area contributed by atoms with Crippen LogP contribution >= 0.6 is 11.6 Å². The minimum atomic E-state index is 0.208. The molecule has 2 aliphatic rings. The minimum absolute atomic E-state index is 0.208. The molecule has 0 amide bonds. The zero-order valence-electron chi connectivity index (χ0n) is 11.0. The fourth-order valence-electron chi connectivity index (χ4n) is 3.80. The SMILES string of the molecule is NCC1(c2cc(Cl)c3c(c2)CCC3)CCCCC1. The Labute approximate surface area is 115 Å². The maximum Gasteiger partial charge on any atom is 0.0443 e. The normalized spacial score (nSPS) is 21.9. The van der Waals surface area contributed by atoms with Gasteiger partial charge in [-0.2, -0.15) is 0 Å². The van der Waals surface area contributed by atoms with E-state index in [1.807, 2.05) is 0 Å². The molecular weight excluding hydrogens is 242 g/mol. The number of rotatable bonds is 2. The van der Waals surface area contributed by atoms with E-state index in [2.05, 4.69) is 12.1 Å². The Morgan fingerprint density at radius 1 is 1.06 bits per heavy atom. The molecule has 1 aromatic carbocycles. The third-order valence-corrected chi connectivity index (χ3v) is 5.31. The van der Waals surface area contributed by atoms with Crippen LogP contribution in [0.1, 0.15) is 55.2 Å². The summed E-state index contributed by atoms with van der Waals surface area (Å²) >= 11 is 6.47. The molecule has 0 aliphatic heterocycles. The standard InChI is InChI=1S/C16H22ClN/c17-15-10-13(9-12-5-4-6-14(12)15)16(11-18)7-2-1-3-8-16/h9-10H,1-8,11,18H2. The van der Waals surface area contributed by atoms with E-state index in [1.54, 1.807) is 0 Å². The summed E-state index contributed by atoms with van der Waals surface area (Å²) < 4.78 is 0. The molecule has 98 valence electrons. The Bertz CT molecular complexity index is 447. The van der Waals surface area contributed by atoms with Crippen molar-refractivity contribution < 1.29 is 0 Å². The van der Waals surface area contributed by atoms with Crippen LogP contribution in [0.5, 0.6) is 0 Å². The van der Waals surface area contributed by atoms with Crippen LogP contribution in [-0.4, -0.2) is 6.54 Å². The summed E-state index contributed by atoms with van der Waals surface area (Å²) in [6.07, 6.45) is 10.1. The topological polar surface area (TPSA) is 26.0 Å². The van der Waals surface area contributed by atoms with Gasteiger partial charge in [-0.1, -0.05) is 36.9 Å². The van der Waals surface area contributed by atoms with Crippen LogP contribution in [-0.2, 0) is 18.3 Å². The number of halogens is 1. The molecule has 0 heterocycles. The molecule has 2 aliphatic carbocycles. The van der Waals surface area contributed by atoms with E-state index < -0.39 is 0 Å². The molecule has 1 nitrogen and oxygen atoms in total. The summed E-state index contributed by atoms with van der Waals surface area (Å²) in [5.74, 6) is 0. The Morgan fingerprint density at radius 3 is 2.56 bits per heavy atom. The summed E-state index contributed by atoms with van der Waals surface area (Å²) in [7, 11) is 0. The first kappa shape index (κ1) is 12.5. The van der Waals surface area contributed by atoms with E-state index in [-0.39, 0.29) is 5.41 Å². The predicted molar refractivity (Wildman–Crippen MR) is 77.3 cm³/mol. The smallest absolute Gasteiger partial charge is 0.0443 e. The molecule has 0 bridgehead atoms. The summed E-state index contributed by atoms with van der Waals surface area (Å²) in [6.45, 7) is 0.766. The molecular formula is C16H22ClN. The van der Waals surface area contributed by atoms with Crippen LogP contribution < -0.4 is 5.73 Å². The van der Waals surface area contributed by atoms with E-state index in [1.165, 1.54) is 61.6 Å². The van der Waals surface area contributed by atoms with E-state index in [4.69, 9.17) is 17.3 Å². The quantitative estimate of drug-likeness (QED) is 0.858. The maximum atomic E-state index is 6.47. The largest absolute Gasteiger partial charge is 0.330 e. The van der Waals surface area contributed by atoms with Crippen molar-refractivity contribution in [2.45, 2.75) is 56.8 Å². The van der Waals surface area contributed by atoms with Gasteiger partial charge in [0, 0.05) is 17.0 Å². The van der Waals surface area contributed by atoms with Crippen molar-refractivity contribution >= 4 is 11.6 Å². The van der Waals surface area contributed by atoms with Gasteiger partial charge in [-0.25, -0.2) is 0 Å². The second kappa shape index (κ2) is 4.86. The van der Waals surface area contributed by atoms with Crippen molar-refractivity contribution in [1.29, 1.82) is 0 Å². The van der Waals surface area contributed by atoms with Crippen LogP contribution in [0.3, 0.4) is 0 Å². The van der Waals surface area contributed by atoms with Gasteiger partial charge in [0.2, 0.25) is 0 Å². The van der Waals surface area contributed by atoms with Crippen molar-refractivity contribution in [2.24, 2.45) is 5.73 Å². The van der Waals surface area contributed by atoms with Crippen molar-refractivity contribution in [3.63, 3.8) is 0 Å². The van der Waals surface area contributed by atoms with Gasteiger partial charge in [-0.05, 0) is 54.9 Å². The van der Waals surface area contributed by atoms with Gasteiger partial charge in [-0.3, -0.25) is 0 Å². The monoisotopic (exact) mass is 263 g/mol. The molecule has 0 unspecified atom stereocenters. The number of fused-ring (bicyclic) bond motifs is 1. The lowest BCUT2D eigenvalue weighted by Gasteiger charge is -2.37. The van der Waals surface area contributed by atoms with Gasteiger partial charge in [0.1, 0.15) is 0 Å². The molecule has 1 fully saturated rings. The van der Waals surface area contributed by atoms with Crippen molar-refractivity contribution in [3.05, 3.63) is 33.8 Å². The van der Waals surface area contributed by atoms with E-state index in [0.717, 1.165) is 18.0 Å². The highest BCUT2D eigenvalue weighted by Gasteiger charge is 2.33. The Morgan fingerprint density at radius 2 is 1.83 bits per heavy atom. The first-order valence-corrected chi connectivity index (χ1v) is 7.65. The first-order chi connectivity index (χ1) is 8.75. The average molecular weight is 264 g/mol. The number of nitrogens with two attached hydrogens (primary N) is 1. The molecule has 0 spiro atoms. The minimum Gasteiger partial charge on any atom is -0.330 e. The number of hydrogen-bond acceptors (Lipinski definition) is 1. The average Bonchev–Trinajstić information content (AvgIpc) is 2.88. The highest BCUT2D eigenvalue weighted by molar-refractivity contribution is 6.31. The van der Waals surface area contributed by atoms with Gasteiger partial charge in [0.05, 0.1) is 0 Å². The molecule has 1 aromatic rings. The van der Waals surface area contributed by atoms with Crippen molar-refractivity contribution in [3.8, 4) is 0 Å². The summed E-state index contributed by atoms with van der Waals surface area (Å²) in [6, 6.07) is 4.62. The highest BCUT2D eigenvalue weighted by atomic mass is 35.5. The molecule has 1 saturated carbocycles. The second-order valence-corrected chi connectivity index (χ2v) is 6.40.